The summed E-state index contributed by atoms with van der Waals surface area (Å²) in [4.78, 5) is 40.8. The summed E-state index contributed by atoms with van der Waals surface area (Å²) in [7, 11) is 0. The number of ether oxygens (including phenoxy) is 2. The van der Waals surface area contributed by atoms with E-state index < -0.39 is 41.0 Å². The number of H-pyrrole nitrogens is 1. The number of cyclic esters (lactones) is 1. The Kier molecular flexibility index (Phi) is 6.05. The molecule has 0 unspecified atom stereocenters. The Balaban J connectivity index is 1.60. The largest absolute Gasteiger partial charge is 0.460 e. The van der Waals surface area contributed by atoms with Crippen LogP contribution in [0.25, 0.3) is 22.0 Å². The van der Waals surface area contributed by atoms with Gasteiger partial charge in [0.25, 0.3) is 5.56 Å². The number of hydrogen-bond acceptors (Lipinski definition) is 6. The number of hydrogen-bond donors (Lipinski definition) is 2. The maximum absolute atomic E-state index is 13.4. The van der Waals surface area contributed by atoms with Crippen molar-refractivity contribution < 1.29 is 32.2 Å². The summed E-state index contributed by atoms with van der Waals surface area (Å²) < 4.78 is 50.6. The number of rotatable bonds is 5. The molecular formula is C24H22F3N3O5. The van der Waals surface area contributed by atoms with Crippen LogP contribution in [0.1, 0.15) is 19.4 Å². The van der Waals surface area contributed by atoms with Crippen LogP contribution in [0.5, 0.6) is 0 Å². The fraction of sp³-hybridized carbons (Fsp3) is 0.292. The second kappa shape index (κ2) is 8.73. The van der Waals surface area contributed by atoms with Crippen molar-refractivity contribution in [3.8, 4) is 11.3 Å². The number of nitrogens with two attached hydrogens (primary N) is 1. The van der Waals surface area contributed by atoms with E-state index in [0.29, 0.717) is 11.1 Å². The molecule has 3 N–H and O–H groups in total. The van der Waals surface area contributed by atoms with E-state index >= 15 is 0 Å². The number of carbonyl (C=O) groups is 2. The van der Waals surface area contributed by atoms with E-state index in [1.54, 1.807) is 6.07 Å². The molecule has 0 aliphatic carbocycles. The molecule has 8 nitrogen and oxygen atoms in total. The van der Waals surface area contributed by atoms with Crippen molar-refractivity contribution in [3.63, 3.8) is 0 Å². The fourth-order valence-electron chi connectivity index (χ4n) is 3.70. The predicted octanol–water partition coefficient (Wildman–Crippen LogP) is 3.82. The highest BCUT2D eigenvalue weighted by atomic mass is 19.4. The van der Waals surface area contributed by atoms with Crippen molar-refractivity contribution in [1.29, 1.82) is 0 Å². The van der Waals surface area contributed by atoms with Gasteiger partial charge in [-0.05, 0) is 43.5 Å². The fourth-order valence-corrected chi connectivity index (χ4v) is 3.70. The summed E-state index contributed by atoms with van der Waals surface area (Å²) in [6.07, 6.45) is -6.01. The standard InChI is InChI=1S/C24H22F3N3O5/c1-23(2,28)21(32)34-12-15-11-30(22(33)35-15)14-8-7-13-9-19(29-20(31)17(13)10-14)16-5-3-4-6-18(16)24(25,26)27/h3-10,15H,11-12,28H2,1-2H3,(H,29,31)/t15-/m0/s1. The molecule has 1 saturated heterocycles. The van der Waals surface area contributed by atoms with E-state index in [2.05, 4.69) is 4.98 Å². The minimum Gasteiger partial charge on any atom is -0.460 e. The Morgan fingerprint density at radius 2 is 1.89 bits per heavy atom. The minimum absolute atomic E-state index is 0.0217. The lowest BCUT2D eigenvalue weighted by molar-refractivity contribution is -0.151. The molecule has 1 aromatic heterocycles. The third kappa shape index (κ3) is 4.99. The van der Waals surface area contributed by atoms with Crippen molar-refractivity contribution in [2.45, 2.75) is 31.7 Å². The van der Waals surface area contributed by atoms with Crippen molar-refractivity contribution in [1.82, 2.24) is 4.98 Å². The third-order valence-corrected chi connectivity index (χ3v) is 5.46. The van der Waals surface area contributed by atoms with Gasteiger partial charge in [0.1, 0.15) is 12.1 Å². The number of nitrogens with one attached hydrogen (secondary N) is 1. The molecular weight excluding hydrogens is 467 g/mol. The number of aromatic amines is 1. The first-order valence-electron chi connectivity index (χ1n) is 10.6. The van der Waals surface area contributed by atoms with Gasteiger partial charge >= 0.3 is 18.2 Å². The highest BCUT2D eigenvalue weighted by Crippen LogP contribution is 2.36. The monoisotopic (exact) mass is 489 g/mol. The third-order valence-electron chi connectivity index (χ3n) is 5.46. The number of anilines is 1. The summed E-state index contributed by atoms with van der Waals surface area (Å²) in [5, 5.41) is 0.580. The average Bonchev–Trinajstić information content (AvgIpc) is 3.16. The summed E-state index contributed by atoms with van der Waals surface area (Å²) in [5.41, 5.74) is 3.23. The maximum atomic E-state index is 13.4. The molecule has 11 heteroatoms. The number of halogens is 3. The predicted molar refractivity (Wildman–Crippen MR) is 122 cm³/mol. The SMILES string of the molecule is CC(C)(N)C(=O)OC[C@@H]1CN(c2ccc3cc(-c4ccccc4C(F)(F)F)[nH]c(=O)c3c2)C(=O)O1. The molecule has 184 valence electrons. The summed E-state index contributed by atoms with van der Waals surface area (Å²) in [6.45, 7) is 2.86. The van der Waals surface area contributed by atoms with Crippen LogP contribution in [0.4, 0.5) is 23.7 Å². The maximum Gasteiger partial charge on any atom is 0.417 e. The van der Waals surface area contributed by atoms with E-state index in [9.17, 15) is 27.6 Å². The summed E-state index contributed by atoms with van der Waals surface area (Å²) >= 11 is 0. The lowest BCUT2D eigenvalue weighted by Gasteiger charge is -2.18. The van der Waals surface area contributed by atoms with E-state index in [-0.39, 0.29) is 29.8 Å². The number of benzene rings is 2. The Labute approximate surface area is 197 Å². The number of carbonyl (C=O) groups excluding carboxylic acids is 2. The van der Waals surface area contributed by atoms with Gasteiger partial charge in [0, 0.05) is 22.3 Å². The first-order valence-corrected chi connectivity index (χ1v) is 10.6. The summed E-state index contributed by atoms with van der Waals surface area (Å²) in [5.74, 6) is -0.646. The minimum atomic E-state index is -4.59. The second-order valence-corrected chi connectivity index (χ2v) is 8.76. The molecule has 4 rings (SSSR count). The van der Waals surface area contributed by atoms with Crippen LogP contribution in [-0.4, -0.2) is 41.8 Å². The molecule has 1 aliphatic rings. The second-order valence-electron chi connectivity index (χ2n) is 8.76. The topological polar surface area (TPSA) is 115 Å². The Morgan fingerprint density at radius 3 is 2.57 bits per heavy atom. The number of amides is 1. The van der Waals surface area contributed by atoms with Crippen LogP contribution in [-0.2, 0) is 20.4 Å². The molecule has 3 aromatic rings. The molecule has 0 saturated carbocycles. The number of aromatic nitrogens is 1. The lowest BCUT2D eigenvalue weighted by Crippen LogP contribution is -2.44. The highest BCUT2D eigenvalue weighted by molar-refractivity contribution is 5.95. The van der Waals surface area contributed by atoms with E-state index in [0.717, 1.165) is 6.07 Å². The van der Waals surface area contributed by atoms with Crippen molar-refractivity contribution in [3.05, 3.63) is 64.4 Å². The van der Waals surface area contributed by atoms with Gasteiger partial charge in [-0.15, -0.1) is 0 Å². The molecule has 1 fully saturated rings. The van der Waals surface area contributed by atoms with Crippen molar-refractivity contribution >= 4 is 28.5 Å². The Bertz CT molecular complexity index is 1360. The van der Waals surface area contributed by atoms with Gasteiger partial charge in [0.15, 0.2) is 6.10 Å². The normalized spacial score (nSPS) is 16.5. The first-order chi connectivity index (χ1) is 16.3. The molecule has 0 spiro atoms. The van der Waals surface area contributed by atoms with Crippen LogP contribution < -0.4 is 16.2 Å². The number of fused-ring (bicyclic) bond motifs is 1. The number of alkyl halides is 3. The van der Waals surface area contributed by atoms with Gasteiger partial charge in [-0.3, -0.25) is 14.5 Å². The van der Waals surface area contributed by atoms with Crippen LogP contribution >= 0.6 is 0 Å². The van der Waals surface area contributed by atoms with Gasteiger partial charge in [0.2, 0.25) is 0 Å². The lowest BCUT2D eigenvalue weighted by atomic mass is 10.0. The van der Waals surface area contributed by atoms with Crippen LogP contribution in [0, 0.1) is 0 Å². The van der Waals surface area contributed by atoms with Gasteiger partial charge in [-0.2, -0.15) is 13.2 Å². The van der Waals surface area contributed by atoms with E-state index in [1.807, 2.05) is 0 Å². The van der Waals surface area contributed by atoms with Gasteiger partial charge in [-0.25, -0.2) is 4.79 Å². The zero-order chi connectivity index (χ0) is 25.5. The number of esters is 1. The van der Waals surface area contributed by atoms with Gasteiger partial charge < -0.3 is 20.2 Å². The molecule has 35 heavy (non-hydrogen) atoms. The molecule has 2 aromatic carbocycles. The molecule has 1 amide bonds. The van der Waals surface area contributed by atoms with Crippen LogP contribution in [0.2, 0.25) is 0 Å². The average molecular weight is 489 g/mol. The molecule has 1 aliphatic heterocycles. The zero-order valence-corrected chi connectivity index (χ0v) is 18.8. The van der Waals surface area contributed by atoms with Crippen molar-refractivity contribution in [2.24, 2.45) is 5.73 Å². The van der Waals surface area contributed by atoms with Crippen LogP contribution in [0.3, 0.4) is 0 Å². The number of pyridine rings is 1. The van der Waals surface area contributed by atoms with Crippen molar-refractivity contribution in [2.75, 3.05) is 18.1 Å². The Morgan fingerprint density at radius 1 is 1.17 bits per heavy atom. The molecule has 1 atom stereocenters. The van der Waals surface area contributed by atoms with Crippen LogP contribution in [0.15, 0.2) is 53.3 Å². The highest BCUT2D eigenvalue weighted by Gasteiger charge is 2.35. The smallest absolute Gasteiger partial charge is 0.417 e. The molecule has 2 heterocycles. The van der Waals surface area contributed by atoms with Gasteiger partial charge in [0.05, 0.1) is 12.1 Å². The molecule has 0 bridgehead atoms. The zero-order valence-electron chi connectivity index (χ0n) is 18.8. The van der Waals surface area contributed by atoms with Gasteiger partial charge in [-0.1, -0.05) is 24.3 Å². The first kappa shape index (κ1) is 24.3. The number of nitrogens with zero attached hydrogens (tertiary/aromatic N) is 1. The molecule has 0 radical (unpaired) electrons. The van der Waals surface area contributed by atoms with E-state index in [4.69, 9.17) is 15.2 Å². The Hall–Kier alpha value is -3.86. The summed E-state index contributed by atoms with van der Waals surface area (Å²) in [6, 6.07) is 11.0. The van der Waals surface area contributed by atoms with E-state index in [1.165, 1.54) is 55.1 Å². The quantitative estimate of drug-likeness (QED) is 0.527.